The third-order valence-electron chi connectivity index (χ3n) is 4.19. The molecule has 2 heterocycles. The highest BCUT2D eigenvalue weighted by molar-refractivity contribution is 7.98. The average molecular weight is 413 g/mol. The predicted molar refractivity (Wildman–Crippen MR) is 110 cm³/mol. The fourth-order valence-electron chi connectivity index (χ4n) is 2.70. The molecular formula is C20H17FN4OS2. The van der Waals surface area contributed by atoms with E-state index >= 15 is 0 Å². The van der Waals surface area contributed by atoms with Gasteiger partial charge in [0.05, 0.1) is 18.4 Å². The van der Waals surface area contributed by atoms with Crippen molar-refractivity contribution in [2.75, 3.05) is 7.11 Å². The van der Waals surface area contributed by atoms with Crippen LogP contribution >= 0.6 is 23.1 Å². The Bertz CT molecular complexity index is 1090. The molecule has 142 valence electrons. The van der Waals surface area contributed by atoms with E-state index < -0.39 is 0 Å². The summed E-state index contributed by atoms with van der Waals surface area (Å²) in [6.07, 6.45) is 0. The van der Waals surface area contributed by atoms with E-state index in [0.717, 1.165) is 27.2 Å². The molecule has 5 nitrogen and oxygen atoms in total. The topological polar surface area (TPSA) is 52.8 Å². The Labute approximate surface area is 170 Å². The zero-order valence-electron chi connectivity index (χ0n) is 15.3. The first kappa shape index (κ1) is 18.6. The zero-order valence-corrected chi connectivity index (χ0v) is 16.9. The Hall–Kier alpha value is -2.71. The first-order chi connectivity index (χ1) is 13.7. The van der Waals surface area contributed by atoms with Gasteiger partial charge in [0.1, 0.15) is 16.6 Å². The van der Waals surface area contributed by atoms with Crippen LogP contribution in [0.5, 0.6) is 5.75 Å². The lowest BCUT2D eigenvalue weighted by Crippen LogP contribution is -1.96. The number of benzene rings is 2. The minimum Gasteiger partial charge on any atom is -0.497 e. The van der Waals surface area contributed by atoms with Gasteiger partial charge in [0.25, 0.3) is 0 Å². The highest BCUT2D eigenvalue weighted by Crippen LogP contribution is 2.30. The van der Waals surface area contributed by atoms with Gasteiger partial charge in [-0.1, -0.05) is 23.9 Å². The van der Waals surface area contributed by atoms with Crippen LogP contribution in [0.4, 0.5) is 4.39 Å². The third kappa shape index (κ3) is 3.79. The Kier molecular flexibility index (Phi) is 5.40. The van der Waals surface area contributed by atoms with Gasteiger partial charge in [-0.2, -0.15) is 0 Å². The molecule has 0 amide bonds. The van der Waals surface area contributed by atoms with Crippen molar-refractivity contribution in [3.05, 3.63) is 65.4 Å². The monoisotopic (exact) mass is 412 g/mol. The molecule has 0 spiro atoms. The summed E-state index contributed by atoms with van der Waals surface area (Å²) in [7, 11) is 3.49. The van der Waals surface area contributed by atoms with Crippen LogP contribution in [-0.4, -0.2) is 26.9 Å². The number of halogens is 1. The maximum absolute atomic E-state index is 14.0. The van der Waals surface area contributed by atoms with Crippen molar-refractivity contribution >= 4 is 23.1 Å². The summed E-state index contributed by atoms with van der Waals surface area (Å²) < 4.78 is 21.0. The molecule has 2 aromatic heterocycles. The molecule has 0 N–H and O–H groups in total. The van der Waals surface area contributed by atoms with Crippen LogP contribution in [0.2, 0.25) is 0 Å². The molecule has 0 radical (unpaired) electrons. The lowest BCUT2D eigenvalue weighted by atomic mass is 10.2. The molecule has 0 unspecified atom stereocenters. The highest BCUT2D eigenvalue weighted by Gasteiger charge is 2.15. The van der Waals surface area contributed by atoms with E-state index in [9.17, 15) is 4.39 Å². The van der Waals surface area contributed by atoms with E-state index in [4.69, 9.17) is 9.72 Å². The minimum atomic E-state index is -0.307. The van der Waals surface area contributed by atoms with Crippen LogP contribution in [0.3, 0.4) is 0 Å². The van der Waals surface area contributed by atoms with Crippen molar-refractivity contribution in [3.63, 3.8) is 0 Å². The first-order valence-electron chi connectivity index (χ1n) is 8.51. The Morgan fingerprint density at radius 1 is 1.11 bits per heavy atom. The summed E-state index contributed by atoms with van der Waals surface area (Å²) in [5.74, 6) is 1.69. The van der Waals surface area contributed by atoms with E-state index in [1.807, 2.05) is 36.7 Å². The number of hydrogen-bond donors (Lipinski definition) is 0. The second kappa shape index (κ2) is 8.12. The molecular weight excluding hydrogens is 395 g/mol. The molecule has 4 aromatic rings. The van der Waals surface area contributed by atoms with Gasteiger partial charge < -0.3 is 9.30 Å². The quantitative estimate of drug-likeness (QED) is 0.415. The van der Waals surface area contributed by atoms with E-state index in [1.165, 1.54) is 17.8 Å². The largest absolute Gasteiger partial charge is 0.497 e. The normalized spacial score (nSPS) is 11.0. The van der Waals surface area contributed by atoms with Crippen molar-refractivity contribution in [1.82, 2.24) is 19.7 Å². The minimum absolute atomic E-state index is 0.307. The van der Waals surface area contributed by atoms with Crippen LogP contribution in [0, 0.1) is 5.82 Å². The van der Waals surface area contributed by atoms with E-state index in [2.05, 4.69) is 10.2 Å². The van der Waals surface area contributed by atoms with Gasteiger partial charge in [-0.15, -0.1) is 21.5 Å². The number of hydrogen-bond acceptors (Lipinski definition) is 6. The first-order valence-corrected chi connectivity index (χ1v) is 10.4. The van der Waals surface area contributed by atoms with Gasteiger partial charge in [-0.3, -0.25) is 0 Å². The van der Waals surface area contributed by atoms with Crippen molar-refractivity contribution in [1.29, 1.82) is 0 Å². The van der Waals surface area contributed by atoms with Crippen molar-refractivity contribution in [2.45, 2.75) is 10.9 Å². The van der Waals surface area contributed by atoms with E-state index in [0.29, 0.717) is 17.1 Å². The van der Waals surface area contributed by atoms with Crippen molar-refractivity contribution < 1.29 is 9.13 Å². The van der Waals surface area contributed by atoms with Gasteiger partial charge in [-0.05, 0) is 36.4 Å². The maximum Gasteiger partial charge on any atom is 0.191 e. The number of ether oxygens (including phenoxy) is 1. The van der Waals surface area contributed by atoms with E-state index in [1.54, 1.807) is 41.2 Å². The van der Waals surface area contributed by atoms with Gasteiger partial charge >= 0.3 is 0 Å². The zero-order chi connectivity index (χ0) is 19.5. The van der Waals surface area contributed by atoms with Crippen molar-refractivity contribution in [2.24, 2.45) is 7.05 Å². The van der Waals surface area contributed by atoms with E-state index in [-0.39, 0.29) is 5.82 Å². The van der Waals surface area contributed by atoms with Crippen LogP contribution < -0.4 is 4.74 Å². The molecule has 0 saturated carbocycles. The molecule has 8 heteroatoms. The smallest absolute Gasteiger partial charge is 0.191 e. The summed E-state index contributed by atoms with van der Waals surface area (Å²) in [5, 5.41) is 12.1. The molecule has 0 bridgehead atoms. The number of rotatable bonds is 6. The fourth-order valence-corrected chi connectivity index (χ4v) is 4.43. The predicted octanol–water partition coefficient (Wildman–Crippen LogP) is 5.05. The highest BCUT2D eigenvalue weighted by atomic mass is 32.2. The summed E-state index contributed by atoms with van der Waals surface area (Å²) >= 11 is 3.13. The van der Waals surface area contributed by atoms with Crippen LogP contribution in [0.1, 0.15) is 5.69 Å². The molecule has 0 aliphatic heterocycles. The third-order valence-corrected chi connectivity index (χ3v) is 6.18. The lowest BCUT2D eigenvalue weighted by Gasteiger charge is -2.04. The Morgan fingerprint density at radius 3 is 2.64 bits per heavy atom. The second-order valence-corrected chi connectivity index (χ2v) is 7.81. The van der Waals surface area contributed by atoms with Crippen molar-refractivity contribution in [3.8, 4) is 27.7 Å². The molecule has 2 aromatic carbocycles. The standard InChI is InChI=1S/C20H17FN4OS2/c1-25-18(16-5-3-4-6-17(16)21)23-24-20(25)28-12-14-11-27-19(22-14)13-7-9-15(26-2)10-8-13/h3-11H,12H2,1-2H3. The fraction of sp³-hybridized carbons (Fsp3) is 0.150. The summed E-state index contributed by atoms with van der Waals surface area (Å²) in [5.41, 5.74) is 2.47. The van der Waals surface area contributed by atoms with Crippen LogP contribution in [0.25, 0.3) is 22.0 Å². The summed E-state index contributed by atoms with van der Waals surface area (Å²) in [6.45, 7) is 0. The molecule has 0 aliphatic rings. The summed E-state index contributed by atoms with van der Waals surface area (Å²) in [6, 6.07) is 14.4. The molecule has 4 rings (SSSR count). The average Bonchev–Trinajstić information content (AvgIpc) is 3.34. The van der Waals surface area contributed by atoms with Gasteiger partial charge in [0.15, 0.2) is 11.0 Å². The second-order valence-electron chi connectivity index (χ2n) is 6.01. The number of aromatic nitrogens is 4. The molecule has 0 atom stereocenters. The molecule has 0 fully saturated rings. The maximum atomic E-state index is 14.0. The number of nitrogens with zero attached hydrogens (tertiary/aromatic N) is 4. The van der Waals surface area contributed by atoms with Gasteiger partial charge in [0, 0.05) is 23.7 Å². The number of thioether (sulfide) groups is 1. The van der Waals surface area contributed by atoms with Gasteiger partial charge in [0.2, 0.25) is 0 Å². The number of thiazole rings is 1. The lowest BCUT2D eigenvalue weighted by molar-refractivity contribution is 0.415. The Morgan fingerprint density at radius 2 is 1.89 bits per heavy atom. The van der Waals surface area contributed by atoms with Crippen LogP contribution in [0.15, 0.2) is 59.1 Å². The SMILES string of the molecule is COc1ccc(-c2nc(CSc3nnc(-c4ccccc4F)n3C)cs2)cc1. The molecule has 0 saturated heterocycles. The van der Waals surface area contributed by atoms with Crippen LogP contribution in [-0.2, 0) is 12.8 Å². The summed E-state index contributed by atoms with van der Waals surface area (Å²) in [4.78, 5) is 4.70. The molecule has 0 aliphatic carbocycles. The number of methoxy groups -OCH3 is 1. The Balaban J connectivity index is 1.47. The molecule has 28 heavy (non-hydrogen) atoms. The van der Waals surface area contributed by atoms with Gasteiger partial charge in [-0.25, -0.2) is 9.37 Å².